The molecule has 0 aliphatic heterocycles. The normalized spacial score (nSPS) is 15.7. The summed E-state index contributed by atoms with van der Waals surface area (Å²) >= 11 is 0. The molecule has 0 fully saturated rings. The Morgan fingerprint density at radius 1 is 0.500 bits per heavy atom. The molecule has 0 N–H and O–H groups in total. The molecule has 0 saturated carbocycles. The topological polar surface area (TPSA) is 52.6 Å². The highest BCUT2D eigenvalue weighted by Crippen LogP contribution is 2.69. The fourth-order valence-electron chi connectivity index (χ4n) is 3.12. The molecule has 0 aliphatic rings. The van der Waals surface area contributed by atoms with Gasteiger partial charge >= 0.3 is 0 Å². The quantitative estimate of drug-likeness (QED) is 0.389. The van der Waals surface area contributed by atoms with Crippen molar-refractivity contribution in [2.75, 3.05) is 13.2 Å². The minimum Gasteiger partial charge on any atom is -0.325 e. The van der Waals surface area contributed by atoms with Crippen molar-refractivity contribution in [2.24, 2.45) is 0 Å². The van der Waals surface area contributed by atoms with Gasteiger partial charge in [0.25, 0.3) is 0 Å². The molecular formula is C18H40O4P2. The largest absolute Gasteiger partial charge is 0.325 e. The second-order valence-corrected chi connectivity index (χ2v) is 18.5. The molecule has 0 bridgehead atoms. The maximum Gasteiger partial charge on any atom is 0.213 e. The van der Waals surface area contributed by atoms with E-state index in [1.165, 1.54) is 0 Å². The Labute approximate surface area is 150 Å². The standard InChI is InChI=1S/C18H40O4P2/c1-15(2,3)23(19,16(4,5)6)21-13-14-22-24(20,17(7,8)9)18(10,11)12/h13-14H2,1-12H3. The van der Waals surface area contributed by atoms with Crippen molar-refractivity contribution in [3.05, 3.63) is 0 Å². The van der Waals surface area contributed by atoms with E-state index in [1.807, 2.05) is 83.1 Å². The summed E-state index contributed by atoms with van der Waals surface area (Å²) in [4.78, 5) is 0. The Balaban J connectivity index is 5.18. The monoisotopic (exact) mass is 382 g/mol. The molecule has 0 heterocycles. The third-order valence-corrected chi connectivity index (χ3v) is 12.3. The van der Waals surface area contributed by atoms with E-state index in [-0.39, 0.29) is 13.2 Å². The number of hydrogen-bond donors (Lipinski definition) is 0. The molecule has 6 heteroatoms. The third kappa shape index (κ3) is 4.97. The van der Waals surface area contributed by atoms with Crippen LogP contribution >= 0.6 is 14.7 Å². The SMILES string of the molecule is CC(C)(C)P(=O)(OCCOP(=O)(C(C)(C)C)C(C)(C)C)C(C)(C)C. The molecule has 0 saturated heterocycles. The van der Waals surface area contributed by atoms with Gasteiger partial charge in [0.2, 0.25) is 14.7 Å². The van der Waals surface area contributed by atoms with Crippen molar-refractivity contribution >= 4 is 14.7 Å². The van der Waals surface area contributed by atoms with Crippen molar-refractivity contribution in [3.63, 3.8) is 0 Å². The maximum absolute atomic E-state index is 13.4. The zero-order valence-corrected chi connectivity index (χ0v) is 19.7. The molecule has 0 radical (unpaired) electrons. The Kier molecular flexibility index (Phi) is 7.30. The predicted molar refractivity (Wildman–Crippen MR) is 106 cm³/mol. The van der Waals surface area contributed by atoms with Gasteiger partial charge < -0.3 is 9.05 Å². The van der Waals surface area contributed by atoms with Gasteiger partial charge in [-0.25, -0.2) is 0 Å². The van der Waals surface area contributed by atoms with Crippen LogP contribution in [0.4, 0.5) is 0 Å². The van der Waals surface area contributed by atoms with E-state index in [4.69, 9.17) is 9.05 Å². The molecule has 0 atom stereocenters. The van der Waals surface area contributed by atoms with Crippen LogP contribution in [0, 0.1) is 0 Å². The summed E-state index contributed by atoms with van der Waals surface area (Å²) in [6.07, 6.45) is 0. The van der Waals surface area contributed by atoms with Gasteiger partial charge in [0.05, 0.1) is 13.2 Å². The first-order valence-corrected chi connectivity index (χ1v) is 12.0. The first kappa shape index (κ1) is 24.4. The van der Waals surface area contributed by atoms with Crippen LogP contribution in [0.5, 0.6) is 0 Å². The van der Waals surface area contributed by atoms with E-state index in [9.17, 15) is 9.13 Å². The average Bonchev–Trinajstić information content (AvgIpc) is 2.28. The molecule has 4 nitrogen and oxygen atoms in total. The molecule has 0 aromatic rings. The molecule has 0 aromatic carbocycles. The van der Waals surface area contributed by atoms with Crippen LogP contribution in [0.25, 0.3) is 0 Å². The smallest absolute Gasteiger partial charge is 0.213 e. The second-order valence-electron chi connectivity index (χ2n) is 10.5. The molecule has 146 valence electrons. The molecule has 0 rings (SSSR count). The van der Waals surface area contributed by atoms with Gasteiger partial charge in [-0.2, -0.15) is 0 Å². The van der Waals surface area contributed by atoms with Crippen molar-refractivity contribution in [1.29, 1.82) is 0 Å². The number of hydrogen-bond acceptors (Lipinski definition) is 4. The molecular weight excluding hydrogens is 342 g/mol. The van der Waals surface area contributed by atoms with Crippen LogP contribution in [0.15, 0.2) is 0 Å². The number of rotatable bonds is 5. The Morgan fingerprint density at radius 2 is 0.667 bits per heavy atom. The second kappa shape index (κ2) is 7.18. The Morgan fingerprint density at radius 3 is 0.792 bits per heavy atom. The molecule has 0 aliphatic carbocycles. The Hall–Kier alpha value is 0.380. The van der Waals surface area contributed by atoms with E-state index in [0.29, 0.717) is 0 Å². The summed E-state index contributed by atoms with van der Waals surface area (Å²) in [5.41, 5.74) is 0. The highest BCUT2D eigenvalue weighted by Gasteiger charge is 2.49. The molecule has 0 spiro atoms. The van der Waals surface area contributed by atoms with Crippen LogP contribution in [0.1, 0.15) is 83.1 Å². The minimum absolute atomic E-state index is 0.183. The highest BCUT2D eigenvalue weighted by atomic mass is 31.2. The van der Waals surface area contributed by atoms with Crippen LogP contribution in [-0.4, -0.2) is 33.8 Å². The van der Waals surface area contributed by atoms with Gasteiger partial charge in [0, 0.05) is 20.6 Å². The molecule has 0 amide bonds. The van der Waals surface area contributed by atoms with Gasteiger partial charge in [-0.05, 0) is 0 Å². The zero-order chi connectivity index (χ0) is 19.8. The highest BCUT2D eigenvalue weighted by molar-refractivity contribution is 7.62. The molecule has 24 heavy (non-hydrogen) atoms. The molecule has 0 aromatic heterocycles. The first-order chi connectivity index (χ1) is 10.2. The lowest BCUT2D eigenvalue weighted by molar-refractivity contribution is 0.198. The summed E-state index contributed by atoms with van der Waals surface area (Å²) in [5, 5.41) is -1.82. The maximum atomic E-state index is 13.4. The van der Waals surface area contributed by atoms with Gasteiger partial charge in [-0.15, -0.1) is 0 Å². The lowest BCUT2D eigenvalue weighted by Gasteiger charge is -2.41. The van der Waals surface area contributed by atoms with Crippen LogP contribution in [0.3, 0.4) is 0 Å². The summed E-state index contributed by atoms with van der Waals surface area (Å²) in [6, 6.07) is 0. The summed E-state index contributed by atoms with van der Waals surface area (Å²) in [5.74, 6) is 0. The van der Waals surface area contributed by atoms with E-state index in [2.05, 4.69) is 0 Å². The van der Waals surface area contributed by atoms with Crippen molar-refractivity contribution < 1.29 is 18.2 Å². The van der Waals surface area contributed by atoms with E-state index in [0.717, 1.165) is 0 Å². The van der Waals surface area contributed by atoms with E-state index in [1.54, 1.807) is 0 Å². The summed E-state index contributed by atoms with van der Waals surface area (Å²) in [6.45, 7) is 23.6. The van der Waals surface area contributed by atoms with E-state index >= 15 is 0 Å². The van der Waals surface area contributed by atoms with Gasteiger partial charge in [-0.3, -0.25) is 9.13 Å². The van der Waals surface area contributed by atoms with Crippen LogP contribution in [-0.2, 0) is 18.2 Å². The fraction of sp³-hybridized carbons (Fsp3) is 1.00. The minimum atomic E-state index is -2.92. The van der Waals surface area contributed by atoms with Crippen molar-refractivity contribution in [3.8, 4) is 0 Å². The van der Waals surface area contributed by atoms with Crippen molar-refractivity contribution in [2.45, 2.75) is 104 Å². The zero-order valence-electron chi connectivity index (χ0n) is 17.9. The average molecular weight is 382 g/mol. The molecule has 0 unspecified atom stereocenters. The summed E-state index contributed by atoms with van der Waals surface area (Å²) in [7, 11) is -5.84. The van der Waals surface area contributed by atoms with Crippen molar-refractivity contribution in [1.82, 2.24) is 0 Å². The lowest BCUT2D eigenvalue weighted by atomic mass is 10.2. The van der Waals surface area contributed by atoms with E-state index < -0.39 is 35.4 Å². The third-order valence-electron chi connectivity index (χ3n) is 4.16. The predicted octanol–water partition coefficient (Wildman–Crippen LogP) is 6.77. The lowest BCUT2D eigenvalue weighted by Crippen LogP contribution is -2.32. The van der Waals surface area contributed by atoms with Gasteiger partial charge in [0.1, 0.15) is 0 Å². The van der Waals surface area contributed by atoms with Gasteiger partial charge in [0.15, 0.2) is 0 Å². The first-order valence-electron chi connectivity index (χ1n) is 8.70. The fourth-order valence-corrected chi connectivity index (χ4v) is 9.36. The summed E-state index contributed by atoms with van der Waals surface area (Å²) < 4.78 is 38.6. The van der Waals surface area contributed by atoms with Crippen LogP contribution < -0.4 is 0 Å². The van der Waals surface area contributed by atoms with Gasteiger partial charge in [-0.1, -0.05) is 83.1 Å². The van der Waals surface area contributed by atoms with Crippen LogP contribution in [0.2, 0.25) is 0 Å². The Bertz CT molecular complexity index is 427.